The van der Waals surface area contributed by atoms with Gasteiger partial charge in [0, 0.05) is 11.7 Å². The van der Waals surface area contributed by atoms with Gasteiger partial charge in [-0.25, -0.2) is 0 Å². The van der Waals surface area contributed by atoms with Crippen LogP contribution in [0, 0.1) is 0 Å². The molecule has 0 fully saturated rings. The maximum absolute atomic E-state index is 12.8. The normalized spacial score (nSPS) is 17.0. The van der Waals surface area contributed by atoms with E-state index < -0.39 is 0 Å². The Morgan fingerprint density at radius 2 is 1.91 bits per heavy atom. The number of carbonyl (C=O) groups is 1. The summed E-state index contributed by atoms with van der Waals surface area (Å²) in [6.45, 7) is 2.13. The maximum Gasteiger partial charge on any atom is 0.231 e. The van der Waals surface area contributed by atoms with Crippen molar-refractivity contribution in [3.8, 4) is 5.75 Å². The highest BCUT2D eigenvalue weighted by Gasteiger charge is 2.27. The summed E-state index contributed by atoms with van der Waals surface area (Å²) >= 11 is 0. The second-order valence-corrected chi connectivity index (χ2v) is 5.81. The number of carbonyl (C=O) groups excluding carboxylic acids is 1. The lowest BCUT2D eigenvalue weighted by Gasteiger charge is -2.35. The van der Waals surface area contributed by atoms with Crippen molar-refractivity contribution < 1.29 is 9.53 Å². The largest absolute Gasteiger partial charge is 0.497 e. The standard InChI is InChI=1S/C19H21NO2/c1-14-7-10-16-5-3-4-6-18(16)20(14)19(21)13-15-8-11-17(22-2)12-9-15/h3-6,8-9,11-12,14H,7,10,13H2,1-2H3. The van der Waals surface area contributed by atoms with Gasteiger partial charge >= 0.3 is 0 Å². The quantitative estimate of drug-likeness (QED) is 0.866. The van der Waals surface area contributed by atoms with Crippen LogP contribution in [0.25, 0.3) is 0 Å². The average Bonchev–Trinajstić information content (AvgIpc) is 2.55. The third-order valence-corrected chi connectivity index (χ3v) is 4.31. The monoisotopic (exact) mass is 295 g/mol. The van der Waals surface area contributed by atoms with Crippen LogP contribution < -0.4 is 9.64 Å². The highest BCUT2D eigenvalue weighted by atomic mass is 16.5. The number of methoxy groups -OCH3 is 1. The van der Waals surface area contributed by atoms with Gasteiger partial charge in [-0.2, -0.15) is 0 Å². The zero-order valence-corrected chi connectivity index (χ0v) is 13.1. The molecule has 1 unspecified atom stereocenters. The fraction of sp³-hybridized carbons (Fsp3) is 0.316. The molecule has 1 atom stereocenters. The predicted octanol–water partition coefficient (Wildman–Crippen LogP) is 3.61. The van der Waals surface area contributed by atoms with E-state index in [9.17, 15) is 4.79 Å². The van der Waals surface area contributed by atoms with E-state index in [0.717, 1.165) is 29.8 Å². The minimum absolute atomic E-state index is 0.157. The summed E-state index contributed by atoms with van der Waals surface area (Å²) in [7, 11) is 1.65. The van der Waals surface area contributed by atoms with Gasteiger partial charge in [0.15, 0.2) is 0 Å². The smallest absolute Gasteiger partial charge is 0.231 e. The van der Waals surface area contributed by atoms with Gasteiger partial charge in [0.05, 0.1) is 13.5 Å². The number of para-hydroxylation sites is 1. The lowest BCUT2D eigenvalue weighted by molar-refractivity contribution is -0.118. The lowest BCUT2D eigenvalue weighted by atomic mass is 9.96. The average molecular weight is 295 g/mol. The molecular formula is C19H21NO2. The Bertz CT molecular complexity index is 663. The van der Waals surface area contributed by atoms with Gasteiger partial charge < -0.3 is 9.64 Å². The molecule has 3 nitrogen and oxygen atoms in total. The van der Waals surface area contributed by atoms with E-state index in [0.29, 0.717) is 6.42 Å². The molecule has 0 N–H and O–H groups in total. The van der Waals surface area contributed by atoms with Crippen molar-refractivity contribution in [1.82, 2.24) is 0 Å². The van der Waals surface area contributed by atoms with Gasteiger partial charge in [-0.3, -0.25) is 4.79 Å². The third kappa shape index (κ3) is 2.84. The van der Waals surface area contributed by atoms with Crippen molar-refractivity contribution in [2.45, 2.75) is 32.2 Å². The first-order valence-electron chi connectivity index (χ1n) is 7.72. The van der Waals surface area contributed by atoms with E-state index in [4.69, 9.17) is 4.74 Å². The van der Waals surface area contributed by atoms with E-state index in [1.807, 2.05) is 41.3 Å². The Hall–Kier alpha value is -2.29. The van der Waals surface area contributed by atoms with Crippen LogP contribution in [0.2, 0.25) is 0 Å². The molecule has 2 aromatic rings. The van der Waals surface area contributed by atoms with E-state index in [-0.39, 0.29) is 11.9 Å². The second-order valence-electron chi connectivity index (χ2n) is 5.81. The topological polar surface area (TPSA) is 29.5 Å². The molecule has 0 saturated heterocycles. The van der Waals surface area contributed by atoms with Crippen LogP contribution in [0.1, 0.15) is 24.5 Å². The molecule has 1 aliphatic rings. The van der Waals surface area contributed by atoms with Crippen molar-refractivity contribution in [3.05, 3.63) is 59.7 Å². The number of hydrogen-bond donors (Lipinski definition) is 0. The molecule has 0 aromatic heterocycles. The first kappa shape index (κ1) is 14.6. The van der Waals surface area contributed by atoms with E-state index >= 15 is 0 Å². The lowest BCUT2D eigenvalue weighted by Crippen LogP contribution is -2.42. The van der Waals surface area contributed by atoms with Gasteiger partial charge in [0.25, 0.3) is 0 Å². The summed E-state index contributed by atoms with van der Waals surface area (Å²) in [5.41, 5.74) is 3.35. The van der Waals surface area contributed by atoms with Gasteiger partial charge in [-0.15, -0.1) is 0 Å². The van der Waals surface area contributed by atoms with Crippen molar-refractivity contribution in [2.24, 2.45) is 0 Å². The molecule has 3 rings (SSSR count). The summed E-state index contributed by atoms with van der Waals surface area (Å²) < 4.78 is 5.16. The van der Waals surface area contributed by atoms with Crippen LogP contribution in [0.15, 0.2) is 48.5 Å². The molecule has 1 heterocycles. The van der Waals surface area contributed by atoms with E-state index in [1.54, 1.807) is 7.11 Å². The molecule has 22 heavy (non-hydrogen) atoms. The predicted molar refractivity (Wildman–Crippen MR) is 88.4 cm³/mol. The molecule has 0 bridgehead atoms. The number of aryl methyl sites for hydroxylation is 1. The highest BCUT2D eigenvalue weighted by Crippen LogP contribution is 2.31. The van der Waals surface area contributed by atoms with Gasteiger partial charge in [-0.05, 0) is 49.1 Å². The first-order valence-corrected chi connectivity index (χ1v) is 7.72. The molecule has 114 valence electrons. The van der Waals surface area contributed by atoms with Crippen LogP contribution in [-0.4, -0.2) is 19.1 Å². The molecule has 0 spiro atoms. The fourth-order valence-electron chi connectivity index (χ4n) is 3.07. The molecule has 1 amide bonds. The third-order valence-electron chi connectivity index (χ3n) is 4.31. The minimum Gasteiger partial charge on any atom is -0.497 e. The minimum atomic E-state index is 0.157. The Balaban J connectivity index is 1.81. The van der Waals surface area contributed by atoms with Gasteiger partial charge in [-0.1, -0.05) is 30.3 Å². The summed E-state index contributed by atoms with van der Waals surface area (Å²) in [6, 6.07) is 16.2. The molecule has 1 aliphatic heterocycles. The van der Waals surface area contributed by atoms with Crippen molar-refractivity contribution in [1.29, 1.82) is 0 Å². The SMILES string of the molecule is COc1ccc(CC(=O)N2c3ccccc3CCC2C)cc1. The van der Waals surface area contributed by atoms with Crippen LogP contribution in [-0.2, 0) is 17.6 Å². The van der Waals surface area contributed by atoms with Crippen LogP contribution in [0.4, 0.5) is 5.69 Å². The van der Waals surface area contributed by atoms with Crippen LogP contribution in [0.3, 0.4) is 0 Å². The Labute approximate surface area is 131 Å². The molecule has 0 aliphatic carbocycles. The molecule has 0 radical (unpaired) electrons. The van der Waals surface area contributed by atoms with Gasteiger partial charge in [0.2, 0.25) is 5.91 Å². The van der Waals surface area contributed by atoms with Crippen molar-refractivity contribution >= 4 is 11.6 Å². The number of nitrogens with zero attached hydrogens (tertiary/aromatic N) is 1. The van der Waals surface area contributed by atoms with Crippen LogP contribution in [0.5, 0.6) is 5.75 Å². The second kappa shape index (κ2) is 6.22. The zero-order valence-electron chi connectivity index (χ0n) is 13.1. The number of benzene rings is 2. The Morgan fingerprint density at radius 3 is 2.64 bits per heavy atom. The zero-order chi connectivity index (χ0) is 15.5. The summed E-state index contributed by atoms with van der Waals surface area (Å²) in [5.74, 6) is 0.970. The molecule has 3 heteroatoms. The number of anilines is 1. The number of hydrogen-bond acceptors (Lipinski definition) is 2. The van der Waals surface area contributed by atoms with Crippen molar-refractivity contribution in [2.75, 3.05) is 12.0 Å². The highest BCUT2D eigenvalue weighted by molar-refractivity contribution is 5.96. The maximum atomic E-state index is 12.8. The van der Waals surface area contributed by atoms with E-state index in [2.05, 4.69) is 19.1 Å². The molecule has 2 aromatic carbocycles. The number of fused-ring (bicyclic) bond motifs is 1. The number of rotatable bonds is 3. The van der Waals surface area contributed by atoms with Crippen LogP contribution >= 0.6 is 0 Å². The van der Waals surface area contributed by atoms with E-state index in [1.165, 1.54) is 5.56 Å². The van der Waals surface area contributed by atoms with Gasteiger partial charge in [0.1, 0.15) is 5.75 Å². The Morgan fingerprint density at radius 1 is 1.18 bits per heavy atom. The summed E-state index contributed by atoms with van der Waals surface area (Å²) in [4.78, 5) is 14.8. The fourth-order valence-corrected chi connectivity index (χ4v) is 3.07. The molecular weight excluding hydrogens is 274 g/mol. The number of ether oxygens (including phenoxy) is 1. The van der Waals surface area contributed by atoms with Crippen molar-refractivity contribution in [3.63, 3.8) is 0 Å². The molecule has 0 saturated carbocycles. The Kier molecular flexibility index (Phi) is 4.14. The number of amides is 1. The summed E-state index contributed by atoms with van der Waals surface area (Å²) in [5, 5.41) is 0. The first-order chi connectivity index (χ1) is 10.7. The summed E-state index contributed by atoms with van der Waals surface area (Å²) in [6.07, 6.45) is 2.48.